The minimum atomic E-state index is -0.173. The number of pyridine rings is 1. The van der Waals surface area contributed by atoms with E-state index in [0.717, 1.165) is 5.69 Å². The molecule has 0 aliphatic heterocycles. The molecule has 1 aromatic carbocycles. The van der Waals surface area contributed by atoms with Crippen molar-refractivity contribution in [1.29, 1.82) is 0 Å². The van der Waals surface area contributed by atoms with Gasteiger partial charge in [-0.3, -0.25) is 4.79 Å². The first-order valence-corrected chi connectivity index (χ1v) is 7.19. The largest absolute Gasteiger partial charge is 0.322 e. The van der Waals surface area contributed by atoms with Gasteiger partial charge in [-0.15, -0.1) is 0 Å². The molecule has 104 valence electrons. The van der Waals surface area contributed by atoms with Crippen molar-refractivity contribution in [3.05, 3.63) is 58.3 Å². The summed E-state index contributed by atoms with van der Waals surface area (Å²) in [7, 11) is 0. The van der Waals surface area contributed by atoms with E-state index in [9.17, 15) is 4.79 Å². The number of halogens is 1. The summed E-state index contributed by atoms with van der Waals surface area (Å²) < 4.78 is 0.545. The molecular formula is C16H17BrN2O. The van der Waals surface area contributed by atoms with Gasteiger partial charge in [-0.2, -0.15) is 0 Å². The van der Waals surface area contributed by atoms with Gasteiger partial charge in [0.25, 0.3) is 5.91 Å². The predicted octanol–water partition coefficient (Wildman–Crippen LogP) is 4.39. The number of hydrogen-bond acceptors (Lipinski definition) is 2. The van der Waals surface area contributed by atoms with Crippen molar-refractivity contribution < 1.29 is 4.79 Å². The van der Waals surface area contributed by atoms with Crippen LogP contribution in [0.5, 0.6) is 0 Å². The van der Waals surface area contributed by atoms with Crippen LogP contribution in [0.2, 0.25) is 0 Å². The predicted molar refractivity (Wildman–Crippen MR) is 85.0 cm³/mol. The smallest absolute Gasteiger partial charge is 0.258 e. The van der Waals surface area contributed by atoms with Crippen LogP contribution >= 0.6 is 15.9 Å². The van der Waals surface area contributed by atoms with Crippen molar-refractivity contribution in [1.82, 2.24) is 4.98 Å². The highest BCUT2D eigenvalue weighted by molar-refractivity contribution is 9.10. The summed E-state index contributed by atoms with van der Waals surface area (Å²) in [5.41, 5.74) is 2.64. The van der Waals surface area contributed by atoms with E-state index in [1.54, 1.807) is 18.3 Å². The fourth-order valence-corrected chi connectivity index (χ4v) is 2.24. The summed E-state index contributed by atoms with van der Waals surface area (Å²) in [5.74, 6) is -0.173. The molecule has 1 N–H and O–H groups in total. The van der Waals surface area contributed by atoms with Gasteiger partial charge in [-0.1, -0.05) is 32.9 Å². The molecule has 0 spiro atoms. The number of nitrogens with one attached hydrogen (secondary N) is 1. The summed E-state index contributed by atoms with van der Waals surface area (Å²) in [6.45, 7) is 6.48. The van der Waals surface area contributed by atoms with Crippen LogP contribution in [0.25, 0.3) is 0 Å². The van der Waals surface area contributed by atoms with Gasteiger partial charge in [0.2, 0.25) is 0 Å². The van der Waals surface area contributed by atoms with Crippen molar-refractivity contribution >= 4 is 27.5 Å². The lowest BCUT2D eigenvalue weighted by molar-refractivity contribution is 0.102. The van der Waals surface area contributed by atoms with E-state index in [4.69, 9.17) is 0 Å². The molecule has 1 aromatic heterocycles. The highest BCUT2D eigenvalue weighted by Gasteiger charge is 2.14. The quantitative estimate of drug-likeness (QED) is 0.828. The first-order chi connectivity index (χ1) is 9.38. The topological polar surface area (TPSA) is 42.0 Å². The molecule has 0 radical (unpaired) electrons. The zero-order valence-electron chi connectivity index (χ0n) is 11.8. The van der Waals surface area contributed by atoms with Gasteiger partial charge in [0, 0.05) is 11.9 Å². The molecule has 0 atom stereocenters. The van der Waals surface area contributed by atoms with Gasteiger partial charge in [0.05, 0.1) is 5.56 Å². The van der Waals surface area contributed by atoms with Crippen LogP contribution in [-0.2, 0) is 5.41 Å². The SMILES string of the molecule is CC(C)(C)c1ccc(NC(=O)c2cccnc2Br)cc1. The number of hydrogen-bond donors (Lipinski definition) is 1. The monoisotopic (exact) mass is 332 g/mol. The fraction of sp³-hybridized carbons (Fsp3) is 0.250. The Morgan fingerprint density at radius 1 is 1.15 bits per heavy atom. The number of rotatable bonds is 2. The molecule has 0 unspecified atom stereocenters. The summed E-state index contributed by atoms with van der Waals surface area (Å²) in [4.78, 5) is 16.2. The average molecular weight is 333 g/mol. The Hall–Kier alpha value is -1.68. The number of carbonyl (C=O) groups is 1. The van der Waals surface area contributed by atoms with Crippen LogP contribution in [0.3, 0.4) is 0 Å². The second-order valence-corrected chi connectivity index (χ2v) is 6.37. The second-order valence-electron chi connectivity index (χ2n) is 5.62. The van der Waals surface area contributed by atoms with Gasteiger partial charge in [0.1, 0.15) is 4.60 Å². The first kappa shape index (κ1) is 14.7. The molecular weight excluding hydrogens is 316 g/mol. The van der Waals surface area contributed by atoms with Crippen molar-refractivity contribution in [2.45, 2.75) is 26.2 Å². The van der Waals surface area contributed by atoms with Crippen molar-refractivity contribution in [3.8, 4) is 0 Å². The number of amides is 1. The standard InChI is InChI=1S/C16H17BrN2O/c1-16(2,3)11-6-8-12(9-7-11)19-15(20)13-5-4-10-18-14(13)17/h4-10H,1-3H3,(H,19,20). The third-order valence-electron chi connectivity index (χ3n) is 3.01. The Kier molecular flexibility index (Phi) is 4.23. The lowest BCUT2D eigenvalue weighted by Crippen LogP contribution is -2.14. The normalized spacial score (nSPS) is 11.2. The molecule has 2 aromatic rings. The fourth-order valence-electron chi connectivity index (χ4n) is 1.81. The molecule has 1 amide bonds. The van der Waals surface area contributed by atoms with Crippen molar-refractivity contribution in [3.63, 3.8) is 0 Å². The highest BCUT2D eigenvalue weighted by Crippen LogP contribution is 2.24. The van der Waals surface area contributed by atoms with Crippen LogP contribution < -0.4 is 5.32 Å². The first-order valence-electron chi connectivity index (χ1n) is 6.40. The lowest BCUT2D eigenvalue weighted by atomic mass is 9.87. The molecule has 2 rings (SSSR count). The molecule has 1 heterocycles. The maximum atomic E-state index is 12.1. The summed E-state index contributed by atoms with van der Waals surface area (Å²) in [6.07, 6.45) is 1.64. The number of aromatic nitrogens is 1. The van der Waals surface area contributed by atoms with E-state index in [0.29, 0.717) is 10.2 Å². The molecule has 0 bridgehead atoms. The third-order valence-corrected chi connectivity index (χ3v) is 3.64. The number of benzene rings is 1. The Bertz CT molecular complexity index is 615. The van der Waals surface area contributed by atoms with Gasteiger partial charge >= 0.3 is 0 Å². The number of carbonyl (C=O) groups excluding carboxylic acids is 1. The van der Waals surface area contributed by atoms with Gasteiger partial charge < -0.3 is 5.32 Å². The Balaban J connectivity index is 2.15. The maximum absolute atomic E-state index is 12.1. The van der Waals surface area contributed by atoms with Crippen LogP contribution in [0.4, 0.5) is 5.69 Å². The van der Waals surface area contributed by atoms with Crippen LogP contribution in [0.15, 0.2) is 47.2 Å². The summed E-state index contributed by atoms with van der Waals surface area (Å²) >= 11 is 3.28. The zero-order valence-corrected chi connectivity index (χ0v) is 13.4. The Morgan fingerprint density at radius 3 is 2.35 bits per heavy atom. The van der Waals surface area contributed by atoms with E-state index < -0.39 is 0 Å². The van der Waals surface area contributed by atoms with Crippen molar-refractivity contribution in [2.24, 2.45) is 0 Å². The van der Waals surface area contributed by atoms with Gasteiger partial charge in [-0.05, 0) is 51.2 Å². The zero-order chi connectivity index (χ0) is 14.8. The average Bonchev–Trinajstić information content (AvgIpc) is 2.38. The highest BCUT2D eigenvalue weighted by atomic mass is 79.9. The van der Waals surface area contributed by atoms with Gasteiger partial charge in [-0.25, -0.2) is 4.98 Å². The molecule has 0 saturated carbocycles. The molecule has 3 nitrogen and oxygen atoms in total. The molecule has 0 aliphatic carbocycles. The van der Waals surface area contributed by atoms with E-state index in [1.165, 1.54) is 5.56 Å². The summed E-state index contributed by atoms with van der Waals surface area (Å²) in [5, 5.41) is 2.87. The van der Waals surface area contributed by atoms with E-state index >= 15 is 0 Å². The third kappa shape index (κ3) is 3.45. The molecule has 4 heteroatoms. The summed E-state index contributed by atoms with van der Waals surface area (Å²) in [6, 6.07) is 11.4. The lowest BCUT2D eigenvalue weighted by Gasteiger charge is -2.19. The Morgan fingerprint density at radius 2 is 1.80 bits per heavy atom. The second kappa shape index (κ2) is 5.75. The Labute approximate surface area is 127 Å². The molecule has 0 fully saturated rings. The van der Waals surface area contributed by atoms with E-state index in [1.807, 2.05) is 24.3 Å². The molecule has 20 heavy (non-hydrogen) atoms. The van der Waals surface area contributed by atoms with Crippen LogP contribution in [-0.4, -0.2) is 10.9 Å². The maximum Gasteiger partial charge on any atom is 0.258 e. The van der Waals surface area contributed by atoms with Crippen LogP contribution in [0.1, 0.15) is 36.7 Å². The van der Waals surface area contributed by atoms with Crippen molar-refractivity contribution in [2.75, 3.05) is 5.32 Å². The molecule has 0 saturated heterocycles. The van der Waals surface area contributed by atoms with E-state index in [2.05, 4.69) is 47.0 Å². The van der Waals surface area contributed by atoms with Crippen LogP contribution in [0, 0.1) is 0 Å². The number of nitrogens with zero attached hydrogens (tertiary/aromatic N) is 1. The van der Waals surface area contributed by atoms with Gasteiger partial charge in [0.15, 0.2) is 0 Å². The number of anilines is 1. The minimum absolute atomic E-state index is 0.106. The van der Waals surface area contributed by atoms with E-state index in [-0.39, 0.29) is 11.3 Å². The minimum Gasteiger partial charge on any atom is -0.322 e. The molecule has 0 aliphatic rings.